The molecule has 0 aliphatic carbocycles. The lowest BCUT2D eigenvalue weighted by Gasteiger charge is -2.16. The van der Waals surface area contributed by atoms with E-state index >= 15 is 0 Å². The quantitative estimate of drug-likeness (QED) is 0.738. The molecule has 7 nitrogen and oxygen atoms in total. The summed E-state index contributed by atoms with van der Waals surface area (Å²) in [7, 11) is 3.30. The van der Waals surface area contributed by atoms with Gasteiger partial charge in [0, 0.05) is 13.1 Å². The van der Waals surface area contributed by atoms with E-state index in [1.54, 1.807) is 14.2 Å². The third-order valence-electron chi connectivity index (χ3n) is 5.65. The van der Waals surface area contributed by atoms with E-state index in [1.165, 1.54) is 5.56 Å². The van der Waals surface area contributed by atoms with Gasteiger partial charge in [-0.1, -0.05) is 6.07 Å². The number of aryl methyl sites for hydroxylation is 2. The smallest absolute Gasteiger partial charge is 0.238 e. The molecule has 3 rings (SSSR count). The van der Waals surface area contributed by atoms with Crippen molar-refractivity contribution in [1.29, 1.82) is 0 Å². The second kappa shape index (κ2) is 9.31. The van der Waals surface area contributed by atoms with E-state index < -0.39 is 0 Å². The Kier molecular flexibility index (Phi) is 6.79. The molecule has 0 spiro atoms. The van der Waals surface area contributed by atoms with Gasteiger partial charge in [0.15, 0.2) is 11.5 Å². The lowest BCUT2D eigenvalue weighted by molar-refractivity contribution is -0.117. The van der Waals surface area contributed by atoms with Crippen LogP contribution in [0.4, 0.5) is 5.69 Å². The lowest BCUT2D eigenvalue weighted by atomic mass is 9.98. The Bertz CT molecular complexity index is 862. The number of anilines is 1. The fraction of sp³-hybridized carbons (Fsp3) is 0.545. The fourth-order valence-electron chi connectivity index (χ4n) is 4.13. The van der Waals surface area contributed by atoms with Crippen LogP contribution in [0.2, 0.25) is 0 Å². The van der Waals surface area contributed by atoms with Crippen LogP contribution < -0.4 is 14.8 Å². The topological polar surface area (TPSA) is 68.6 Å². The number of aromatic nitrogens is 2. The van der Waals surface area contributed by atoms with Gasteiger partial charge in [0.25, 0.3) is 0 Å². The van der Waals surface area contributed by atoms with Crippen LogP contribution >= 0.6 is 0 Å². The zero-order valence-electron chi connectivity index (χ0n) is 18.1. The Balaban J connectivity index is 1.53. The largest absolute Gasteiger partial charge is 0.493 e. The molecule has 0 bridgehead atoms. The van der Waals surface area contributed by atoms with Gasteiger partial charge in [-0.2, -0.15) is 5.10 Å². The van der Waals surface area contributed by atoms with E-state index in [0.29, 0.717) is 12.5 Å². The van der Waals surface area contributed by atoms with Crippen molar-refractivity contribution in [1.82, 2.24) is 14.7 Å². The van der Waals surface area contributed by atoms with Crippen molar-refractivity contribution in [3.8, 4) is 11.5 Å². The zero-order valence-corrected chi connectivity index (χ0v) is 18.1. The minimum absolute atomic E-state index is 0.0265. The molecule has 1 unspecified atom stereocenters. The molecular formula is C22H32N4O3. The highest BCUT2D eigenvalue weighted by Crippen LogP contribution is 2.30. The van der Waals surface area contributed by atoms with Crippen molar-refractivity contribution >= 4 is 11.6 Å². The summed E-state index contributed by atoms with van der Waals surface area (Å²) in [6, 6.07) is 6.09. The molecule has 2 heterocycles. The Morgan fingerprint density at radius 3 is 2.66 bits per heavy atom. The number of amides is 1. The lowest BCUT2D eigenvalue weighted by Crippen LogP contribution is -2.32. The molecule has 158 valence electrons. The molecule has 1 saturated heterocycles. The molecule has 2 aromatic rings. The van der Waals surface area contributed by atoms with Gasteiger partial charge in [0.1, 0.15) is 0 Å². The second-order valence-electron chi connectivity index (χ2n) is 7.69. The third-order valence-corrected chi connectivity index (χ3v) is 5.65. The van der Waals surface area contributed by atoms with Crippen molar-refractivity contribution in [2.75, 3.05) is 39.2 Å². The highest BCUT2D eigenvalue weighted by atomic mass is 16.5. The molecule has 1 aliphatic heterocycles. The van der Waals surface area contributed by atoms with Crippen molar-refractivity contribution in [3.05, 3.63) is 35.2 Å². The molecular weight excluding hydrogens is 368 g/mol. The molecule has 0 saturated carbocycles. The summed E-state index contributed by atoms with van der Waals surface area (Å²) >= 11 is 0. The average Bonchev–Trinajstić information content (AvgIpc) is 3.26. The van der Waals surface area contributed by atoms with E-state index in [4.69, 9.17) is 9.47 Å². The van der Waals surface area contributed by atoms with E-state index in [9.17, 15) is 4.79 Å². The first kappa shape index (κ1) is 21.2. The summed E-state index contributed by atoms with van der Waals surface area (Å²) in [4.78, 5) is 14.8. The van der Waals surface area contributed by atoms with Gasteiger partial charge < -0.3 is 14.8 Å². The van der Waals surface area contributed by atoms with Gasteiger partial charge in [-0.15, -0.1) is 0 Å². The molecule has 29 heavy (non-hydrogen) atoms. The van der Waals surface area contributed by atoms with Crippen LogP contribution in [-0.4, -0.2) is 54.4 Å². The highest BCUT2D eigenvalue weighted by molar-refractivity contribution is 5.93. The maximum atomic E-state index is 12.6. The Morgan fingerprint density at radius 2 is 2.00 bits per heavy atom. The SMILES string of the molecule is CCn1nc(C)c(NC(=O)CN2CCC(Cc3ccc(OC)c(OC)c3)C2)c1C. The van der Waals surface area contributed by atoms with Gasteiger partial charge >= 0.3 is 0 Å². The van der Waals surface area contributed by atoms with E-state index in [0.717, 1.165) is 61.1 Å². The predicted molar refractivity (Wildman–Crippen MR) is 114 cm³/mol. The number of nitrogens with zero attached hydrogens (tertiary/aromatic N) is 3. The Hall–Kier alpha value is -2.54. The molecule has 1 amide bonds. The minimum atomic E-state index is 0.0265. The van der Waals surface area contributed by atoms with Gasteiger partial charge in [0.05, 0.1) is 37.8 Å². The number of benzene rings is 1. The van der Waals surface area contributed by atoms with Crippen LogP contribution in [0.25, 0.3) is 0 Å². The standard InChI is InChI=1S/C22H32N4O3/c1-6-26-16(3)22(15(2)24-26)23-21(27)14-25-10-9-18(13-25)11-17-7-8-19(28-4)20(12-17)29-5/h7-8,12,18H,6,9-11,13-14H2,1-5H3,(H,23,27). The van der Waals surface area contributed by atoms with Crippen LogP contribution in [0.15, 0.2) is 18.2 Å². The van der Waals surface area contributed by atoms with Crippen molar-refractivity contribution in [2.45, 2.75) is 40.2 Å². The first-order valence-corrected chi connectivity index (χ1v) is 10.2. The summed E-state index contributed by atoms with van der Waals surface area (Å²) in [6.07, 6.45) is 2.06. The number of nitrogens with one attached hydrogen (secondary N) is 1. The third kappa shape index (κ3) is 4.90. The molecule has 1 N–H and O–H groups in total. The maximum absolute atomic E-state index is 12.6. The van der Waals surface area contributed by atoms with Gasteiger partial charge in [-0.25, -0.2) is 0 Å². The normalized spacial score (nSPS) is 16.8. The van der Waals surface area contributed by atoms with Crippen LogP contribution in [0.5, 0.6) is 11.5 Å². The summed E-state index contributed by atoms with van der Waals surface area (Å²) in [6.45, 7) is 9.06. The number of rotatable bonds is 8. The second-order valence-corrected chi connectivity index (χ2v) is 7.69. The van der Waals surface area contributed by atoms with Gasteiger partial charge in [0.2, 0.25) is 5.91 Å². The Labute approximate surface area is 173 Å². The molecule has 1 aromatic heterocycles. The van der Waals surface area contributed by atoms with Crippen molar-refractivity contribution in [3.63, 3.8) is 0 Å². The highest BCUT2D eigenvalue weighted by Gasteiger charge is 2.25. The molecule has 1 atom stereocenters. The van der Waals surface area contributed by atoms with Crippen molar-refractivity contribution < 1.29 is 14.3 Å². The summed E-state index contributed by atoms with van der Waals surface area (Å²) < 4.78 is 12.6. The Morgan fingerprint density at radius 1 is 1.24 bits per heavy atom. The number of carbonyl (C=O) groups is 1. The van der Waals surface area contributed by atoms with E-state index in [-0.39, 0.29) is 5.91 Å². The predicted octanol–water partition coefficient (Wildman–Crippen LogP) is 3.04. The number of likely N-dealkylation sites (tertiary alicyclic amines) is 1. The summed E-state index contributed by atoms with van der Waals surface area (Å²) in [5.41, 5.74) is 3.95. The molecule has 0 radical (unpaired) electrons. The van der Waals surface area contributed by atoms with E-state index in [1.807, 2.05) is 37.6 Å². The summed E-state index contributed by atoms with van der Waals surface area (Å²) in [5.74, 6) is 2.07. The molecule has 7 heteroatoms. The summed E-state index contributed by atoms with van der Waals surface area (Å²) in [5, 5.41) is 7.53. The number of hydrogen-bond donors (Lipinski definition) is 1. The minimum Gasteiger partial charge on any atom is -0.493 e. The zero-order chi connectivity index (χ0) is 21.0. The van der Waals surface area contributed by atoms with Crippen LogP contribution in [0, 0.1) is 19.8 Å². The number of ether oxygens (including phenoxy) is 2. The van der Waals surface area contributed by atoms with Crippen LogP contribution in [0.3, 0.4) is 0 Å². The van der Waals surface area contributed by atoms with Gasteiger partial charge in [-0.3, -0.25) is 14.4 Å². The van der Waals surface area contributed by atoms with Crippen LogP contribution in [-0.2, 0) is 17.8 Å². The number of carbonyl (C=O) groups excluding carboxylic acids is 1. The molecule has 1 aliphatic rings. The van der Waals surface area contributed by atoms with Gasteiger partial charge in [-0.05, 0) is 63.8 Å². The van der Waals surface area contributed by atoms with Crippen molar-refractivity contribution in [2.24, 2.45) is 5.92 Å². The van der Waals surface area contributed by atoms with E-state index in [2.05, 4.69) is 21.4 Å². The molecule has 1 aromatic carbocycles. The monoisotopic (exact) mass is 400 g/mol. The average molecular weight is 401 g/mol. The fourth-order valence-corrected chi connectivity index (χ4v) is 4.13. The van der Waals surface area contributed by atoms with Crippen LogP contribution in [0.1, 0.15) is 30.3 Å². The first-order chi connectivity index (χ1) is 13.9. The molecule has 1 fully saturated rings. The number of methoxy groups -OCH3 is 2. The maximum Gasteiger partial charge on any atom is 0.238 e. The number of hydrogen-bond acceptors (Lipinski definition) is 5. The first-order valence-electron chi connectivity index (χ1n) is 10.2.